The molecule has 1 fully saturated rings. The molecule has 2 aromatic carbocycles. The van der Waals surface area contributed by atoms with Crippen molar-refractivity contribution in [1.29, 1.82) is 0 Å². The van der Waals surface area contributed by atoms with Crippen LogP contribution in [0.5, 0.6) is 0 Å². The van der Waals surface area contributed by atoms with Crippen LogP contribution in [0.15, 0.2) is 54.9 Å². The highest BCUT2D eigenvalue weighted by molar-refractivity contribution is 7.20. The Labute approximate surface area is 199 Å². The van der Waals surface area contributed by atoms with Crippen LogP contribution >= 0.6 is 11.3 Å². The molecule has 168 valence electrons. The normalized spacial score (nSPS) is 15.5. The van der Waals surface area contributed by atoms with Crippen LogP contribution < -0.4 is 10.6 Å². The number of hydrogen-bond acceptors (Lipinski definition) is 6. The molecule has 0 spiro atoms. The predicted molar refractivity (Wildman–Crippen MR) is 134 cm³/mol. The van der Waals surface area contributed by atoms with Gasteiger partial charge in [0.05, 0.1) is 32.2 Å². The van der Waals surface area contributed by atoms with Crippen LogP contribution in [0.2, 0.25) is 0 Å². The van der Waals surface area contributed by atoms with Crippen LogP contribution in [0, 0.1) is 17.7 Å². The molecule has 6 nitrogen and oxygen atoms in total. The smallest absolute Gasteiger partial charge is 0.151 e. The largest absolute Gasteiger partial charge is 0.342 e. The van der Waals surface area contributed by atoms with Gasteiger partial charge in [-0.3, -0.25) is 0 Å². The molecule has 3 N–H and O–H groups in total. The monoisotopic (exact) mass is 468 g/mol. The van der Waals surface area contributed by atoms with E-state index in [0.717, 1.165) is 56.4 Å². The van der Waals surface area contributed by atoms with E-state index in [1.54, 1.807) is 29.8 Å². The molecule has 34 heavy (non-hydrogen) atoms. The fourth-order valence-corrected chi connectivity index (χ4v) is 5.07. The van der Waals surface area contributed by atoms with Crippen molar-refractivity contribution in [3.05, 3.63) is 76.9 Å². The standard InChI is InChI=1S/C26H21FN6S/c27-20-6-2-1-4-16(20)12-24-32-21-10-8-18(13-22(21)33-24)31-26-25-23(29-15-30-26)14-19(34-25)9-7-17-5-3-11-28-17/h1-2,4,6,8,10,13-15,17,28H,3,5,11-12H2,(H,32,33)(H,29,30,31)/t17-/m1/s1. The average Bonchev–Trinajstić information content (AvgIpc) is 3.58. The van der Waals surface area contributed by atoms with Crippen LogP contribution in [0.1, 0.15) is 29.1 Å². The van der Waals surface area contributed by atoms with Crippen LogP contribution in [0.3, 0.4) is 0 Å². The van der Waals surface area contributed by atoms with Crippen LogP contribution in [0.4, 0.5) is 15.9 Å². The number of benzene rings is 2. The number of thiophene rings is 1. The molecular formula is C26H21FN6S. The van der Waals surface area contributed by atoms with Crippen LogP contribution in [-0.4, -0.2) is 32.5 Å². The number of nitrogens with one attached hydrogen (secondary N) is 3. The van der Waals surface area contributed by atoms with Crippen molar-refractivity contribution in [3.63, 3.8) is 0 Å². The quantitative estimate of drug-likeness (QED) is 0.318. The molecule has 1 aliphatic rings. The van der Waals surface area contributed by atoms with Crippen molar-refractivity contribution in [3.8, 4) is 11.8 Å². The fourth-order valence-electron chi connectivity index (χ4n) is 4.15. The summed E-state index contributed by atoms with van der Waals surface area (Å²) in [5.41, 5.74) is 4.08. The Hall–Kier alpha value is -3.80. The lowest BCUT2D eigenvalue weighted by atomic mass is 10.1. The number of imidazole rings is 1. The molecule has 0 radical (unpaired) electrons. The topological polar surface area (TPSA) is 78.5 Å². The molecule has 3 aromatic heterocycles. The number of anilines is 2. The van der Waals surface area contributed by atoms with Gasteiger partial charge in [0.1, 0.15) is 18.0 Å². The van der Waals surface area contributed by atoms with Crippen molar-refractivity contribution in [2.45, 2.75) is 25.3 Å². The third-order valence-electron chi connectivity index (χ3n) is 5.85. The van der Waals surface area contributed by atoms with Crippen molar-refractivity contribution < 1.29 is 4.39 Å². The molecular weight excluding hydrogens is 447 g/mol. The summed E-state index contributed by atoms with van der Waals surface area (Å²) in [7, 11) is 0. The molecule has 0 unspecified atom stereocenters. The summed E-state index contributed by atoms with van der Waals surface area (Å²) in [6, 6.07) is 15.0. The molecule has 4 heterocycles. The van der Waals surface area contributed by atoms with Gasteiger partial charge >= 0.3 is 0 Å². The lowest BCUT2D eigenvalue weighted by Crippen LogP contribution is -2.18. The first-order valence-electron chi connectivity index (χ1n) is 11.2. The van der Waals surface area contributed by atoms with Crippen LogP contribution in [0.25, 0.3) is 21.3 Å². The van der Waals surface area contributed by atoms with Crippen molar-refractivity contribution in [2.24, 2.45) is 0 Å². The number of aromatic nitrogens is 4. The molecule has 8 heteroatoms. The summed E-state index contributed by atoms with van der Waals surface area (Å²) in [5.74, 6) is 7.85. The number of hydrogen-bond donors (Lipinski definition) is 3. The number of aromatic amines is 1. The Morgan fingerprint density at radius 3 is 2.94 bits per heavy atom. The van der Waals surface area contributed by atoms with Gasteiger partial charge in [0.25, 0.3) is 0 Å². The summed E-state index contributed by atoms with van der Waals surface area (Å²) in [4.78, 5) is 17.8. The third kappa shape index (κ3) is 4.23. The van der Waals surface area contributed by atoms with Crippen molar-refractivity contribution >= 4 is 44.1 Å². The lowest BCUT2D eigenvalue weighted by Gasteiger charge is -2.05. The van der Waals surface area contributed by atoms with Gasteiger partial charge in [0.15, 0.2) is 5.82 Å². The Bertz CT molecular complexity index is 1550. The molecule has 1 atom stereocenters. The molecule has 0 aliphatic carbocycles. The first kappa shape index (κ1) is 20.8. The number of halogens is 1. The molecule has 0 saturated carbocycles. The Kier molecular flexibility index (Phi) is 5.41. The number of nitrogens with zero attached hydrogens (tertiary/aromatic N) is 3. The molecule has 1 saturated heterocycles. The molecule has 6 rings (SSSR count). The second-order valence-electron chi connectivity index (χ2n) is 8.27. The maximum atomic E-state index is 14.0. The summed E-state index contributed by atoms with van der Waals surface area (Å²) < 4.78 is 15.0. The van der Waals surface area contributed by atoms with E-state index in [1.807, 2.05) is 30.3 Å². The van der Waals surface area contributed by atoms with Gasteiger partial charge in [-0.2, -0.15) is 0 Å². The minimum atomic E-state index is -0.224. The van der Waals surface area contributed by atoms with Gasteiger partial charge in [-0.15, -0.1) is 11.3 Å². The molecule has 0 bridgehead atoms. The lowest BCUT2D eigenvalue weighted by molar-refractivity contribution is 0.612. The van der Waals surface area contributed by atoms with E-state index in [9.17, 15) is 4.39 Å². The van der Waals surface area contributed by atoms with Gasteiger partial charge in [-0.25, -0.2) is 19.3 Å². The zero-order valence-electron chi connectivity index (χ0n) is 18.2. The number of rotatable bonds is 4. The second kappa shape index (κ2) is 8.86. The van der Waals surface area contributed by atoms with Gasteiger partial charge < -0.3 is 15.6 Å². The first-order chi connectivity index (χ1) is 16.7. The van der Waals surface area contributed by atoms with E-state index >= 15 is 0 Å². The molecule has 1 aliphatic heterocycles. The Morgan fingerprint density at radius 1 is 1.12 bits per heavy atom. The van der Waals surface area contributed by atoms with E-state index in [4.69, 9.17) is 0 Å². The SMILES string of the molecule is Fc1ccccc1Cc1nc2ccc(Nc3ncnc4cc(C#C[C@H]5CCCN5)sc34)cc2[nH]1. The van der Waals surface area contributed by atoms with Gasteiger partial charge in [-0.05, 0) is 55.3 Å². The first-order valence-corrected chi connectivity index (χ1v) is 12.0. The third-order valence-corrected chi connectivity index (χ3v) is 6.90. The van der Waals surface area contributed by atoms with E-state index in [1.165, 1.54) is 12.5 Å². The summed E-state index contributed by atoms with van der Waals surface area (Å²) in [6.45, 7) is 1.04. The Morgan fingerprint density at radius 2 is 2.06 bits per heavy atom. The van der Waals surface area contributed by atoms with Crippen molar-refractivity contribution in [2.75, 3.05) is 11.9 Å². The highest BCUT2D eigenvalue weighted by Crippen LogP contribution is 2.31. The fraction of sp³-hybridized carbons (Fsp3) is 0.192. The minimum Gasteiger partial charge on any atom is -0.342 e. The second-order valence-corrected chi connectivity index (χ2v) is 9.33. The van der Waals surface area contributed by atoms with Gasteiger partial charge in [0.2, 0.25) is 0 Å². The molecule has 5 aromatic rings. The zero-order chi connectivity index (χ0) is 22.9. The van der Waals surface area contributed by atoms with E-state index in [2.05, 4.69) is 42.4 Å². The van der Waals surface area contributed by atoms with E-state index < -0.39 is 0 Å². The minimum absolute atomic E-state index is 0.224. The number of fused-ring (bicyclic) bond motifs is 2. The molecule has 0 amide bonds. The maximum Gasteiger partial charge on any atom is 0.151 e. The van der Waals surface area contributed by atoms with E-state index in [-0.39, 0.29) is 11.9 Å². The van der Waals surface area contributed by atoms with E-state index in [0.29, 0.717) is 12.0 Å². The average molecular weight is 469 g/mol. The number of H-pyrrole nitrogens is 1. The van der Waals surface area contributed by atoms with Crippen molar-refractivity contribution in [1.82, 2.24) is 25.3 Å². The van der Waals surface area contributed by atoms with Crippen LogP contribution in [-0.2, 0) is 6.42 Å². The predicted octanol–water partition coefficient (Wildman–Crippen LogP) is 5.14. The summed E-state index contributed by atoms with van der Waals surface area (Å²) in [6.07, 6.45) is 4.25. The zero-order valence-corrected chi connectivity index (χ0v) is 19.0. The highest BCUT2D eigenvalue weighted by Gasteiger charge is 2.12. The van der Waals surface area contributed by atoms with Gasteiger partial charge in [0, 0.05) is 12.1 Å². The van der Waals surface area contributed by atoms with Gasteiger partial charge in [-0.1, -0.05) is 30.0 Å². The summed E-state index contributed by atoms with van der Waals surface area (Å²) in [5, 5.41) is 6.81. The maximum absolute atomic E-state index is 14.0. The summed E-state index contributed by atoms with van der Waals surface area (Å²) >= 11 is 1.59. The Balaban J connectivity index is 1.25. The highest BCUT2D eigenvalue weighted by atomic mass is 32.1.